The molecule has 0 aromatic rings. The van der Waals surface area contributed by atoms with Crippen LogP contribution >= 0.6 is 0 Å². The molecule has 3 nitrogen and oxygen atoms in total. The van der Waals surface area contributed by atoms with Crippen molar-refractivity contribution >= 4 is 5.97 Å². The van der Waals surface area contributed by atoms with E-state index in [1.165, 1.54) is 0 Å². The number of hydrogen-bond donors (Lipinski definition) is 1. The zero-order chi connectivity index (χ0) is 11.5. The molecular formula is C11H22O3. The largest absolute Gasteiger partial charge is 0.348 e. The van der Waals surface area contributed by atoms with E-state index in [1.807, 2.05) is 27.7 Å². The predicted octanol–water partition coefficient (Wildman–Crippen LogP) is 2.96. The summed E-state index contributed by atoms with van der Waals surface area (Å²) in [6, 6.07) is 0. The molecule has 0 fully saturated rings. The first kappa shape index (κ1) is 13.4. The Labute approximate surface area is 86.4 Å². The highest BCUT2D eigenvalue weighted by Crippen LogP contribution is 2.40. The fraction of sp³-hybridized carbons (Fsp3) is 0.909. The smallest absolute Gasteiger partial charge is 0.300 e. The maximum Gasteiger partial charge on any atom is 0.348 e. The third-order valence-corrected chi connectivity index (χ3v) is 3.67. The first-order chi connectivity index (χ1) is 6.28. The van der Waals surface area contributed by atoms with Gasteiger partial charge >= 0.3 is 5.97 Å². The summed E-state index contributed by atoms with van der Waals surface area (Å²) >= 11 is 0. The quantitative estimate of drug-likeness (QED) is 0.563. The Balaban J connectivity index is 4.99. The molecule has 0 radical (unpaired) electrons. The van der Waals surface area contributed by atoms with Gasteiger partial charge in [0.2, 0.25) is 0 Å². The van der Waals surface area contributed by atoms with E-state index in [0.717, 1.165) is 0 Å². The van der Waals surface area contributed by atoms with Crippen LogP contribution in [0, 0.1) is 23.2 Å². The van der Waals surface area contributed by atoms with E-state index in [1.54, 1.807) is 0 Å². The van der Waals surface area contributed by atoms with Gasteiger partial charge < -0.3 is 4.89 Å². The van der Waals surface area contributed by atoms with Crippen molar-refractivity contribution < 1.29 is 14.9 Å². The van der Waals surface area contributed by atoms with Crippen LogP contribution < -0.4 is 0 Å². The Bertz CT molecular complexity index is 199. The molecule has 0 heterocycles. The summed E-state index contributed by atoms with van der Waals surface area (Å²) in [4.78, 5) is 15.5. The van der Waals surface area contributed by atoms with Crippen molar-refractivity contribution in [1.82, 2.24) is 0 Å². The second-order valence-electron chi connectivity index (χ2n) is 4.85. The number of hydrogen-bond acceptors (Lipinski definition) is 3. The van der Waals surface area contributed by atoms with Gasteiger partial charge in [0, 0.05) is 0 Å². The third-order valence-electron chi connectivity index (χ3n) is 3.67. The second-order valence-corrected chi connectivity index (χ2v) is 4.85. The number of rotatable bonds is 4. The van der Waals surface area contributed by atoms with Crippen LogP contribution in [0.3, 0.4) is 0 Å². The lowest BCUT2D eigenvalue weighted by molar-refractivity contribution is -0.250. The van der Waals surface area contributed by atoms with Crippen LogP contribution in [0.5, 0.6) is 0 Å². The van der Waals surface area contributed by atoms with Gasteiger partial charge in [0.25, 0.3) is 0 Å². The normalized spacial score (nSPS) is 18.1. The summed E-state index contributed by atoms with van der Waals surface area (Å²) in [7, 11) is 0. The van der Waals surface area contributed by atoms with Gasteiger partial charge in [-0.1, -0.05) is 34.6 Å². The Hall–Kier alpha value is -0.570. The van der Waals surface area contributed by atoms with E-state index >= 15 is 0 Å². The van der Waals surface area contributed by atoms with E-state index in [9.17, 15) is 4.79 Å². The number of carbonyl (C=O) groups is 1. The fourth-order valence-corrected chi connectivity index (χ4v) is 1.74. The van der Waals surface area contributed by atoms with Crippen molar-refractivity contribution in [2.45, 2.75) is 41.5 Å². The minimum absolute atomic E-state index is 0.138. The van der Waals surface area contributed by atoms with Crippen LogP contribution in [-0.2, 0) is 9.68 Å². The van der Waals surface area contributed by atoms with Crippen molar-refractivity contribution in [3.63, 3.8) is 0 Å². The molecule has 0 saturated carbocycles. The van der Waals surface area contributed by atoms with Gasteiger partial charge in [-0.3, -0.25) is 0 Å². The summed E-state index contributed by atoms with van der Waals surface area (Å²) < 4.78 is 0. The molecule has 0 aliphatic carbocycles. The van der Waals surface area contributed by atoms with E-state index in [0.29, 0.717) is 5.92 Å². The van der Waals surface area contributed by atoms with E-state index < -0.39 is 11.4 Å². The van der Waals surface area contributed by atoms with Crippen molar-refractivity contribution in [2.24, 2.45) is 23.2 Å². The van der Waals surface area contributed by atoms with Gasteiger partial charge in [-0.15, -0.1) is 0 Å². The monoisotopic (exact) mass is 202 g/mol. The van der Waals surface area contributed by atoms with Gasteiger partial charge in [-0.2, -0.15) is 5.26 Å². The minimum Gasteiger partial charge on any atom is -0.300 e. The zero-order valence-corrected chi connectivity index (χ0v) is 10.00. The zero-order valence-electron chi connectivity index (χ0n) is 10.00. The van der Waals surface area contributed by atoms with E-state index in [2.05, 4.69) is 18.7 Å². The molecule has 14 heavy (non-hydrogen) atoms. The summed E-state index contributed by atoms with van der Waals surface area (Å²) in [6.45, 7) is 11.9. The van der Waals surface area contributed by atoms with Crippen molar-refractivity contribution in [2.75, 3.05) is 0 Å². The SMILES string of the molecule is CC(C)C(C)C(C)(C(=O)OO)C(C)C. The predicted molar refractivity (Wildman–Crippen MR) is 55.7 cm³/mol. The summed E-state index contributed by atoms with van der Waals surface area (Å²) in [5.74, 6) is 0.150. The minimum atomic E-state index is -0.622. The molecule has 2 unspecified atom stereocenters. The molecule has 0 saturated heterocycles. The molecule has 0 aliphatic rings. The van der Waals surface area contributed by atoms with Gasteiger partial charge in [-0.25, -0.2) is 4.79 Å². The average Bonchev–Trinajstić information content (AvgIpc) is 2.13. The van der Waals surface area contributed by atoms with Gasteiger partial charge in [-0.05, 0) is 24.7 Å². The standard InChI is InChI=1S/C11H22O3/c1-7(2)9(5)11(6,8(3)4)10(12)14-13/h7-9,13H,1-6H3. The Morgan fingerprint density at radius 2 is 1.64 bits per heavy atom. The van der Waals surface area contributed by atoms with Crippen LogP contribution in [-0.4, -0.2) is 11.2 Å². The molecule has 84 valence electrons. The molecular weight excluding hydrogens is 180 g/mol. The lowest BCUT2D eigenvalue weighted by atomic mass is 9.66. The molecule has 3 heteroatoms. The molecule has 0 aliphatic heterocycles. The lowest BCUT2D eigenvalue weighted by Crippen LogP contribution is -2.42. The topological polar surface area (TPSA) is 46.5 Å². The van der Waals surface area contributed by atoms with Gasteiger partial charge in [0.1, 0.15) is 0 Å². The first-order valence-electron chi connectivity index (χ1n) is 5.14. The molecule has 0 bridgehead atoms. The Morgan fingerprint density at radius 3 is 1.86 bits per heavy atom. The molecule has 0 rings (SSSR count). The van der Waals surface area contributed by atoms with Crippen LogP contribution in [0.2, 0.25) is 0 Å². The van der Waals surface area contributed by atoms with Gasteiger partial charge in [0.15, 0.2) is 0 Å². The molecule has 2 atom stereocenters. The van der Waals surface area contributed by atoms with Crippen molar-refractivity contribution in [3.8, 4) is 0 Å². The van der Waals surface area contributed by atoms with Crippen molar-refractivity contribution in [1.29, 1.82) is 0 Å². The Morgan fingerprint density at radius 1 is 1.21 bits per heavy atom. The van der Waals surface area contributed by atoms with Crippen LogP contribution in [0.15, 0.2) is 0 Å². The van der Waals surface area contributed by atoms with Gasteiger partial charge in [0.05, 0.1) is 5.41 Å². The summed E-state index contributed by atoms with van der Waals surface area (Å²) in [5, 5.41) is 8.50. The van der Waals surface area contributed by atoms with Crippen molar-refractivity contribution in [3.05, 3.63) is 0 Å². The molecule has 1 N–H and O–H groups in total. The fourth-order valence-electron chi connectivity index (χ4n) is 1.74. The molecule has 0 aromatic carbocycles. The molecule has 0 amide bonds. The van der Waals surface area contributed by atoms with Crippen LogP contribution in [0.4, 0.5) is 0 Å². The Kier molecular flexibility index (Phi) is 4.59. The second kappa shape index (κ2) is 4.78. The highest BCUT2D eigenvalue weighted by Gasteiger charge is 2.44. The maximum absolute atomic E-state index is 11.5. The highest BCUT2D eigenvalue weighted by molar-refractivity contribution is 5.76. The average molecular weight is 202 g/mol. The van der Waals surface area contributed by atoms with E-state index in [-0.39, 0.29) is 11.8 Å². The summed E-state index contributed by atoms with van der Waals surface area (Å²) in [6.07, 6.45) is 0. The molecule has 0 aromatic heterocycles. The van der Waals surface area contributed by atoms with Crippen LogP contribution in [0.1, 0.15) is 41.5 Å². The van der Waals surface area contributed by atoms with Crippen LogP contribution in [0.25, 0.3) is 0 Å². The highest BCUT2D eigenvalue weighted by atomic mass is 17.1. The maximum atomic E-state index is 11.5. The number of carbonyl (C=O) groups excluding carboxylic acids is 1. The summed E-state index contributed by atoms with van der Waals surface area (Å²) in [5.41, 5.74) is -0.622. The lowest BCUT2D eigenvalue weighted by Gasteiger charge is -2.37. The van der Waals surface area contributed by atoms with E-state index in [4.69, 9.17) is 5.26 Å². The first-order valence-corrected chi connectivity index (χ1v) is 5.14. The third kappa shape index (κ3) is 2.27. The molecule has 0 spiro atoms.